The lowest BCUT2D eigenvalue weighted by atomic mass is 9.77. The van der Waals surface area contributed by atoms with Crippen LogP contribution in [0, 0.1) is 0 Å². The van der Waals surface area contributed by atoms with Gasteiger partial charge in [0.15, 0.2) is 11.7 Å². The van der Waals surface area contributed by atoms with E-state index in [2.05, 4.69) is 0 Å². The molecule has 37 heavy (non-hydrogen) atoms. The maximum absolute atomic E-state index is 12.9. The van der Waals surface area contributed by atoms with Gasteiger partial charge in [-0.05, 0) is 30.3 Å². The Kier molecular flexibility index (Phi) is 5.14. The van der Waals surface area contributed by atoms with Gasteiger partial charge in [-0.1, -0.05) is 18.2 Å². The van der Waals surface area contributed by atoms with E-state index in [9.17, 15) is 35.1 Å². The highest BCUT2D eigenvalue weighted by Crippen LogP contribution is 2.57. The number of carbonyl (C=O) groups excluding carboxylic acids is 1. The molecule has 1 saturated heterocycles. The van der Waals surface area contributed by atoms with Crippen LogP contribution in [0.5, 0.6) is 23.0 Å². The van der Waals surface area contributed by atoms with Crippen LogP contribution in [0.15, 0.2) is 60.7 Å². The predicted molar refractivity (Wildman–Crippen MR) is 121 cm³/mol. The molecule has 0 saturated carbocycles. The van der Waals surface area contributed by atoms with E-state index < -0.39 is 48.2 Å². The van der Waals surface area contributed by atoms with E-state index in [4.69, 9.17) is 18.9 Å². The number of hydrogen-bond donors (Lipinski definition) is 5. The Morgan fingerprint density at radius 2 is 1.57 bits per heavy atom. The second kappa shape index (κ2) is 8.18. The monoisotopic (exact) mass is 508 g/mol. The summed E-state index contributed by atoms with van der Waals surface area (Å²) in [6.07, 6.45) is -8.91. The number of aliphatic hydroxyl groups excluding tert-OH is 3. The number of esters is 1. The third-order valence-corrected chi connectivity index (χ3v) is 6.73. The zero-order chi connectivity index (χ0) is 26.1. The smallest absolute Gasteiger partial charge is 0.340 e. The number of ether oxygens (including phenoxy) is 4. The molecule has 0 amide bonds. The van der Waals surface area contributed by atoms with Gasteiger partial charge in [-0.25, -0.2) is 9.59 Å². The van der Waals surface area contributed by atoms with Crippen molar-refractivity contribution in [2.24, 2.45) is 0 Å². The number of aliphatic carboxylic acids is 1. The summed E-state index contributed by atoms with van der Waals surface area (Å²) in [7, 11) is 0. The van der Waals surface area contributed by atoms with E-state index in [1.165, 1.54) is 24.3 Å². The van der Waals surface area contributed by atoms with Gasteiger partial charge in [-0.2, -0.15) is 0 Å². The van der Waals surface area contributed by atoms with Crippen molar-refractivity contribution >= 4 is 11.9 Å². The molecule has 6 rings (SSSR count). The number of phenols is 1. The topological polar surface area (TPSA) is 172 Å². The van der Waals surface area contributed by atoms with Crippen molar-refractivity contribution in [3.05, 3.63) is 82.9 Å². The number of carboxylic acid groups (broad SMARTS) is 1. The van der Waals surface area contributed by atoms with Crippen molar-refractivity contribution in [1.82, 2.24) is 0 Å². The lowest BCUT2D eigenvalue weighted by Crippen LogP contribution is -2.61. The predicted octanol–water partition coefficient (Wildman–Crippen LogP) is 1.23. The standard InChI is InChI=1S/C26H20O11/c27-11-5-7-15-17(9-11)35-18-10-12(34-25-21(30)19(28)20(29)22(36-25)23(31)32)6-8-16(18)26(15)14-4-2-1-3-13(14)24(33)37-26/h1-10,19-22,25,27-30H,(H,31,32)/t19-,20-,21+,22-,25+,26-/m0/s1. The van der Waals surface area contributed by atoms with Crippen LogP contribution < -0.4 is 9.47 Å². The van der Waals surface area contributed by atoms with Crippen molar-refractivity contribution < 1.29 is 54.1 Å². The minimum Gasteiger partial charge on any atom is -0.508 e. The van der Waals surface area contributed by atoms with Gasteiger partial charge in [0.2, 0.25) is 6.29 Å². The largest absolute Gasteiger partial charge is 0.508 e. The molecule has 3 aromatic rings. The van der Waals surface area contributed by atoms with E-state index in [-0.39, 0.29) is 23.0 Å². The molecule has 190 valence electrons. The molecule has 0 aromatic heterocycles. The summed E-state index contributed by atoms with van der Waals surface area (Å²) in [6.45, 7) is 0. The quantitative estimate of drug-likeness (QED) is 0.322. The third kappa shape index (κ3) is 3.36. The summed E-state index contributed by atoms with van der Waals surface area (Å²) in [6, 6.07) is 15.8. The highest BCUT2D eigenvalue weighted by atomic mass is 16.7. The Bertz CT molecular complexity index is 1440. The molecule has 0 bridgehead atoms. The summed E-state index contributed by atoms with van der Waals surface area (Å²) in [5.41, 5.74) is 0.536. The first-order chi connectivity index (χ1) is 17.7. The molecule has 11 nitrogen and oxygen atoms in total. The number of aromatic hydroxyl groups is 1. The number of fused-ring (bicyclic) bond motifs is 6. The first-order valence-electron chi connectivity index (χ1n) is 11.3. The summed E-state index contributed by atoms with van der Waals surface area (Å²) < 4.78 is 22.9. The molecule has 5 N–H and O–H groups in total. The first-order valence-corrected chi connectivity index (χ1v) is 11.3. The minimum atomic E-state index is -1.86. The summed E-state index contributed by atoms with van der Waals surface area (Å²) in [5, 5.41) is 49.6. The van der Waals surface area contributed by atoms with Crippen LogP contribution in [0.4, 0.5) is 0 Å². The van der Waals surface area contributed by atoms with Crippen LogP contribution in [-0.4, -0.2) is 68.2 Å². The Labute approximate surface area is 208 Å². The molecule has 3 heterocycles. The number of aliphatic hydroxyl groups is 3. The maximum atomic E-state index is 12.9. The van der Waals surface area contributed by atoms with Gasteiger partial charge in [0.25, 0.3) is 0 Å². The second-order valence-electron chi connectivity index (χ2n) is 8.91. The Morgan fingerprint density at radius 1 is 0.865 bits per heavy atom. The molecule has 0 aliphatic carbocycles. The zero-order valence-electron chi connectivity index (χ0n) is 18.8. The van der Waals surface area contributed by atoms with Gasteiger partial charge >= 0.3 is 11.9 Å². The fourth-order valence-corrected chi connectivity index (χ4v) is 5.00. The Balaban J connectivity index is 1.43. The fraction of sp³-hybridized carbons (Fsp3) is 0.231. The fourth-order valence-electron chi connectivity index (χ4n) is 5.00. The molecule has 1 spiro atoms. The minimum absolute atomic E-state index is 0.0619. The van der Waals surface area contributed by atoms with Crippen molar-refractivity contribution in [3.63, 3.8) is 0 Å². The first kappa shape index (κ1) is 23.3. The zero-order valence-corrected chi connectivity index (χ0v) is 18.8. The van der Waals surface area contributed by atoms with E-state index in [0.717, 1.165) is 0 Å². The molecule has 6 atom stereocenters. The molecule has 3 aliphatic rings. The molecular weight excluding hydrogens is 488 g/mol. The van der Waals surface area contributed by atoms with Crippen LogP contribution in [0.3, 0.4) is 0 Å². The van der Waals surface area contributed by atoms with Crippen LogP contribution in [0.25, 0.3) is 0 Å². The van der Waals surface area contributed by atoms with E-state index in [1.807, 2.05) is 0 Å². The Morgan fingerprint density at radius 3 is 2.32 bits per heavy atom. The van der Waals surface area contributed by atoms with Gasteiger partial charge in [0.05, 0.1) is 5.56 Å². The molecule has 11 heteroatoms. The maximum Gasteiger partial charge on any atom is 0.340 e. The molecular formula is C26H20O11. The van der Waals surface area contributed by atoms with Crippen molar-refractivity contribution in [2.75, 3.05) is 0 Å². The number of rotatable bonds is 3. The summed E-state index contributed by atoms with van der Waals surface area (Å²) >= 11 is 0. The van der Waals surface area contributed by atoms with Crippen LogP contribution in [0.1, 0.15) is 27.0 Å². The van der Waals surface area contributed by atoms with Crippen LogP contribution in [-0.2, 0) is 19.9 Å². The van der Waals surface area contributed by atoms with Gasteiger partial charge in [0, 0.05) is 28.8 Å². The van der Waals surface area contributed by atoms with Crippen molar-refractivity contribution in [3.8, 4) is 23.0 Å². The molecule has 3 aliphatic heterocycles. The van der Waals surface area contributed by atoms with E-state index in [1.54, 1.807) is 36.4 Å². The molecule has 3 aromatic carbocycles. The average Bonchev–Trinajstić information content (AvgIpc) is 3.16. The van der Waals surface area contributed by atoms with Crippen molar-refractivity contribution in [2.45, 2.75) is 36.3 Å². The third-order valence-electron chi connectivity index (χ3n) is 6.73. The SMILES string of the molecule is O=C1O[C@]2(c3ccc(O)cc3Oc3cc(O[C@@H]4O[C@H](C(=O)O)[C@@H](O)[C@H](O)[C@H]4O)ccc32)c2ccccc21. The lowest BCUT2D eigenvalue weighted by molar-refractivity contribution is -0.271. The van der Waals surface area contributed by atoms with E-state index in [0.29, 0.717) is 22.3 Å². The Hall–Kier alpha value is -4.16. The lowest BCUT2D eigenvalue weighted by Gasteiger charge is -2.39. The molecule has 0 unspecified atom stereocenters. The van der Waals surface area contributed by atoms with Crippen LogP contribution >= 0.6 is 0 Å². The number of phenolic OH excluding ortho intramolecular Hbond substituents is 1. The van der Waals surface area contributed by atoms with Crippen molar-refractivity contribution in [1.29, 1.82) is 0 Å². The highest BCUT2D eigenvalue weighted by molar-refractivity contribution is 5.97. The normalized spacial score (nSPS) is 29.5. The summed E-state index contributed by atoms with van der Waals surface area (Å²) in [4.78, 5) is 24.3. The second-order valence-corrected chi connectivity index (χ2v) is 8.91. The number of carbonyl (C=O) groups is 2. The van der Waals surface area contributed by atoms with Crippen LogP contribution in [0.2, 0.25) is 0 Å². The van der Waals surface area contributed by atoms with Gasteiger partial charge in [0.1, 0.15) is 41.3 Å². The van der Waals surface area contributed by atoms with Gasteiger partial charge in [-0.3, -0.25) is 0 Å². The summed E-state index contributed by atoms with van der Waals surface area (Å²) in [5.74, 6) is -1.66. The van der Waals surface area contributed by atoms with E-state index >= 15 is 0 Å². The van der Waals surface area contributed by atoms with Gasteiger partial charge in [-0.15, -0.1) is 0 Å². The number of hydrogen-bond acceptors (Lipinski definition) is 10. The molecule has 1 fully saturated rings. The highest BCUT2D eigenvalue weighted by Gasteiger charge is 2.54. The number of benzene rings is 3. The number of carboxylic acids is 1. The average molecular weight is 508 g/mol. The van der Waals surface area contributed by atoms with Gasteiger partial charge < -0.3 is 44.5 Å². The molecule has 0 radical (unpaired) electrons.